The lowest BCUT2D eigenvalue weighted by molar-refractivity contribution is 0.399. The molecule has 0 aliphatic heterocycles. The maximum Gasteiger partial charge on any atom is 0.242 e. The van der Waals surface area contributed by atoms with Crippen LogP contribution in [0.25, 0.3) is 0 Å². The molecule has 2 aromatic heterocycles. The molecule has 6 nitrogen and oxygen atoms in total. The number of nitrogens with two attached hydrogens (primary N) is 1. The Morgan fingerprint density at radius 3 is 2.89 bits per heavy atom. The van der Waals surface area contributed by atoms with E-state index in [1.54, 1.807) is 17.5 Å². The molecule has 2 aromatic rings. The smallest absolute Gasteiger partial charge is 0.242 e. The summed E-state index contributed by atoms with van der Waals surface area (Å²) >= 11 is 1.60. The summed E-state index contributed by atoms with van der Waals surface area (Å²) in [6.07, 6.45) is 4.10. The molecule has 3 N–H and O–H groups in total. The summed E-state index contributed by atoms with van der Waals surface area (Å²) in [5.41, 5.74) is 6.33. The van der Waals surface area contributed by atoms with Gasteiger partial charge < -0.3 is 15.8 Å². The first-order valence-electron chi connectivity index (χ1n) is 5.56. The van der Waals surface area contributed by atoms with Gasteiger partial charge in [0.05, 0.1) is 13.2 Å². The minimum absolute atomic E-state index is 0.0897. The number of anilines is 2. The maximum atomic E-state index is 5.92. The van der Waals surface area contributed by atoms with Gasteiger partial charge in [-0.3, -0.25) is 0 Å². The molecule has 18 heavy (non-hydrogen) atoms. The summed E-state index contributed by atoms with van der Waals surface area (Å²) in [7, 11) is 1.53. The van der Waals surface area contributed by atoms with E-state index >= 15 is 0 Å². The number of thiazole rings is 1. The van der Waals surface area contributed by atoms with Gasteiger partial charge in [0, 0.05) is 11.6 Å². The third-order valence-corrected chi connectivity index (χ3v) is 3.40. The van der Waals surface area contributed by atoms with E-state index in [0.29, 0.717) is 17.4 Å². The molecular weight excluding hydrogens is 250 g/mol. The van der Waals surface area contributed by atoms with Crippen LogP contribution in [0.4, 0.5) is 11.5 Å². The largest absolute Gasteiger partial charge is 0.479 e. The van der Waals surface area contributed by atoms with Crippen LogP contribution in [0.3, 0.4) is 0 Å². The fourth-order valence-electron chi connectivity index (χ4n) is 1.57. The van der Waals surface area contributed by atoms with Crippen LogP contribution >= 0.6 is 11.3 Å². The minimum Gasteiger partial charge on any atom is -0.479 e. The summed E-state index contributed by atoms with van der Waals surface area (Å²) in [6.45, 7) is 2.08. The lowest BCUT2D eigenvalue weighted by Crippen LogP contribution is -2.13. The molecule has 96 valence electrons. The molecule has 0 aliphatic carbocycles. The Kier molecular flexibility index (Phi) is 3.93. The Hall–Kier alpha value is -1.89. The van der Waals surface area contributed by atoms with Crippen molar-refractivity contribution in [2.24, 2.45) is 0 Å². The van der Waals surface area contributed by atoms with Gasteiger partial charge >= 0.3 is 0 Å². The topological polar surface area (TPSA) is 86.0 Å². The van der Waals surface area contributed by atoms with Crippen molar-refractivity contribution >= 4 is 22.8 Å². The molecule has 1 unspecified atom stereocenters. The van der Waals surface area contributed by atoms with Gasteiger partial charge in [-0.25, -0.2) is 9.97 Å². The molecule has 2 rings (SSSR count). The van der Waals surface area contributed by atoms with E-state index in [1.807, 2.05) is 5.38 Å². The van der Waals surface area contributed by atoms with Crippen molar-refractivity contribution in [3.63, 3.8) is 0 Å². The molecule has 0 fully saturated rings. The van der Waals surface area contributed by atoms with Gasteiger partial charge in [-0.05, 0) is 6.42 Å². The predicted molar refractivity (Wildman–Crippen MR) is 71.8 cm³/mol. The number of nitrogens with zero attached hydrogens (tertiary/aromatic N) is 3. The molecule has 0 amide bonds. The quantitative estimate of drug-likeness (QED) is 0.861. The fraction of sp³-hybridized carbons (Fsp3) is 0.364. The van der Waals surface area contributed by atoms with Gasteiger partial charge in [0.15, 0.2) is 5.82 Å². The molecule has 0 aromatic carbocycles. The van der Waals surface area contributed by atoms with Crippen LogP contribution in [-0.4, -0.2) is 22.1 Å². The van der Waals surface area contributed by atoms with E-state index in [9.17, 15) is 0 Å². The van der Waals surface area contributed by atoms with Crippen LogP contribution in [-0.2, 0) is 0 Å². The van der Waals surface area contributed by atoms with Crippen LogP contribution in [0.2, 0.25) is 0 Å². The van der Waals surface area contributed by atoms with E-state index in [-0.39, 0.29) is 6.04 Å². The Bertz CT molecular complexity index is 502. The number of ether oxygens (including phenoxy) is 1. The summed E-state index contributed by atoms with van der Waals surface area (Å²) in [6, 6.07) is 0.0897. The number of hydrogen-bond acceptors (Lipinski definition) is 7. The third kappa shape index (κ3) is 2.51. The molecule has 1 atom stereocenters. The van der Waals surface area contributed by atoms with Crippen molar-refractivity contribution < 1.29 is 4.74 Å². The summed E-state index contributed by atoms with van der Waals surface area (Å²) < 4.78 is 5.06. The minimum atomic E-state index is 0.0897. The van der Waals surface area contributed by atoms with Gasteiger partial charge in [0.2, 0.25) is 5.88 Å². The van der Waals surface area contributed by atoms with Crippen molar-refractivity contribution in [1.29, 1.82) is 0 Å². The first-order chi connectivity index (χ1) is 8.76. The number of aromatic nitrogens is 3. The van der Waals surface area contributed by atoms with Crippen LogP contribution in [0.1, 0.15) is 24.4 Å². The van der Waals surface area contributed by atoms with Crippen molar-refractivity contribution in [3.8, 4) is 5.88 Å². The molecule has 0 bridgehead atoms. The van der Waals surface area contributed by atoms with Gasteiger partial charge in [-0.15, -0.1) is 11.3 Å². The number of hydrogen-bond donors (Lipinski definition) is 2. The van der Waals surface area contributed by atoms with Crippen LogP contribution in [0.15, 0.2) is 17.9 Å². The van der Waals surface area contributed by atoms with E-state index < -0.39 is 0 Å². The van der Waals surface area contributed by atoms with Crippen molar-refractivity contribution in [2.75, 3.05) is 18.2 Å². The molecule has 0 aliphatic rings. The van der Waals surface area contributed by atoms with Gasteiger partial charge in [-0.1, -0.05) is 6.92 Å². The lowest BCUT2D eigenvalue weighted by atomic mass is 10.2. The third-order valence-electron chi connectivity index (χ3n) is 2.51. The van der Waals surface area contributed by atoms with E-state index in [4.69, 9.17) is 10.5 Å². The molecule has 0 saturated heterocycles. The standard InChI is InChI=1S/C11H15N5OS/c1-3-7(11-13-4-5-18-11)16-9-8(12)10(17-2)15-6-14-9/h4-7H,3,12H2,1-2H3,(H,14,15,16). The van der Waals surface area contributed by atoms with Gasteiger partial charge in [0.25, 0.3) is 0 Å². The molecule has 0 radical (unpaired) electrons. The van der Waals surface area contributed by atoms with Crippen LogP contribution < -0.4 is 15.8 Å². The molecular formula is C11H15N5OS. The van der Waals surface area contributed by atoms with Crippen molar-refractivity contribution in [1.82, 2.24) is 15.0 Å². The molecule has 2 heterocycles. The van der Waals surface area contributed by atoms with Crippen LogP contribution in [0.5, 0.6) is 5.88 Å². The summed E-state index contributed by atoms with van der Waals surface area (Å²) in [4.78, 5) is 12.4. The SMILES string of the molecule is CCC(Nc1ncnc(OC)c1N)c1nccs1. The van der Waals surface area contributed by atoms with Gasteiger partial charge in [0.1, 0.15) is 17.0 Å². The number of methoxy groups -OCH3 is 1. The zero-order valence-electron chi connectivity index (χ0n) is 10.3. The number of nitrogen functional groups attached to an aromatic ring is 1. The Morgan fingerprint density at radius 2 is 2.28 bits per heavy atom. The molecule has 7 heteroatoms. The highest BCUT2D eigenvalue weighted by atomic mass is 32.1. The Morgan fingerprint density at radius 1 is 1.44 bits per heavy atom. The second-order valence-electron chi connectivity index (χ2n) is 3.62. The van der Waals surface area contributed by atoms with Crippen molar-refractivity contribution in [2.45, 2.75) is 19.4 Å². The highest BCUT2D eigenvalue weighted by molar-refractivity contribution is 7.09. The van der Waals surface area contributed by atoms with Crippen molar-refractivity contribution in [3.05, 3.63) is 22.9 Å². The summed E-state index contributed by atoms with van der Waals surface area (Å²) in [5, 5.41) is 6.22. The second-order valence-corrected chi connectivity index (χ2v) is 4.55. The molecule has 0 spiro atoms. The predicted octanol–water partition coefficient (Wildman–Crippen LogP) is 2.09. The Labute approximate surface area is 109 Å². The highest BCUT2D eigenvalue weighted by Crippen LogP contribution is 2.29. The fourth-order valence-corrected chi connectivity index (χ4v) is 2.34. The summed E-state index contributed by atoms with van der Waals surface area (Å²) in [5.74, 6) is 0.949. The Balaban J connectivity index is 2.22. The second kappa shape index (κ2) is 5.63. The lowest BCUT2D eigenvalue weighted by Gasteiger charge is -2.16. The van der Waals surface area contributed by atoms with E-state index in [1.165, 1.54) is 13.4 Å². The number of rotatable bonds is 5. The van der Waals surface area contributed by atoms with Gasteiger partial charge in [-0.2, -0.15) is 4.98 Å². The average molecular weight is 265 g/mol. The van der Waals surface area contributed by atoms with Crippen LogP contribution in [0, 0.1) is 0 Å². The zero-order chi connectivity index (χ0) is 13.0. The van der Waals surface area contributed by atoms with E-state index in [2.05, 4.69) is 27.2 Å². The highest BCUT2D eigenvalue weighted by Gasteiger charge is 2.15. The first kappa shape index (κ1) is 12.6. The number of nitrogens with one attached hydrogen (secondary N) is 1. The first-order valence-corrected chi connectivity index (χ1v) is 6.44. The maximum absolute atomic E-state index is 5.92. The molecule has 0 saturated carbocycles. The zero-order valence-corrected chi connectivity index (χ0v) is 11.1. The van der Waals surface area contributed by atoms with E-state index in [0.717, 1.165) is 11.4 Å². The normalized spacial score (nSPS) is 12.1. The monoisotopic (exact) mass is 265 g/mol. The average Bonchev–Trinajstić information content (AvgIpc) is 2.91.